The zero-order valence-corrected chi connectivity index (χ0v) is 16.4. The number of nitro groups is 1. The monoisotopic (exact) mass is 486 g/mol. The molecule has 0 aromatic heterocycles. The van der Waals surface area contributed by atoms with E-state index in [1.165, 1.54) is 37.3 Å². The predicted octanol–water partition coefficient (Wildman–Crippen LogP) is 4.01. The van der Waals surface area contributed by atoms with Crippen LogP contribution in [0.25, 0.3) is 0 Å². The van der Waals surface area contributed by atoms with E-state index in [1.54, 1.807) is 6.07 Å². The van der Waals surface area contributed by atoms with Crippen LogP contribution in [0.5, 0.6) is 5.75 Å². The molecule has 26 heavy (non-hydrogen) atoms. The second-order valence-electron chi connectivity index (χ2n) is 5.13. The third-order valence-electron chi connectivity index (χ3n) is 3.23. The molecule has 2 aromatic carbocycles. The molecule has 0 saturated heterocycles. The van der Waals surface area contributed by atoms with Crippen molar-refractivity contribution < 1.29 is 24.4 Å². The Bertz CT molecular complexity index is 887. The standard InChI is InChI=1S/C16H12Br2N2O6/c1-8(15(22)19-10-3-2-4-11(7-10)20(24)25)26-16(23)12-5-9(17)6-13(18)14(12)21/h2-8,21H,1H3,(H,19,22). The highest BCUT2D eigenvalue weighted by Crippen LogP contribution is 2.32. The van der Waals surface area contributed by atoms with Crippen molar-refractivity contribution in [1.29, 1.82) is 0 Å². The summed E-state index contributed by atoms with van der Waals surface area (Å²) >= 11 is 6.29. The number of phenols is 1. The van der Waals surface area contributed by atoms with Crippen molar-refractivity contribution in [3.8, 4) is 5.75 Å². The van der Waals surface area contributed by atoms with Gasteiger partial charge in [-0.2, -0.15) is 0 Å². The van der Waals surface area contributed by atoms with E-state index >= 15 is 0 Å². The van der Waals surface area contributed by atoms with Gasteiger partial charge in [-0.3, -0.25) is 14.9 Å². The normalized spacial score (nSPS) is 11.5. The highest BCUT2D eigenvalue weighted by molar-refractivity contribution is 9.11. The number of hydrogen-bond donors (Lipinski definition) is 2. The van der Waals surface area contributed by atoms with Crippen LogP contribution in [-0.2, 0) is 9.53 Å². The summed E-state index contributed by atoms with van der Waals surface area (Å²) in [5.74, 6) is -1.89. The molecule has 0 aliphatic rings. The number of ether oxygens (including phenoxy) is 1. The largest absolute Gasteiger partial charge is 0.506 e. The van der Waals surface area contributed by atoms with Gasteiger partial charge >= 0.3 is 5.97 Å². The van der Waals surface area contributed by atoms with Gasteiger partial charge in [0.15, 0.2) is 6.10 Å². The number of carbonyl (C=O) groups excluding carboxylic acids is 2. The van der Waals surface area contributed by atoms with Crippen molar-refractivity contribution in [3.05, 3.63) is 61.0 Å². The number of anilines is 1. The molecule has 0 aliphatic heterocycles. The predicted molar refractivity (Wildman–Crippen MR) is 100 cm³/mol. The van der Waals surface area contributed by atoms with E-state index in [1.807, 2.05) is 0 Å². The number of nitro benzene ring substituents is 1. The van der Waals surface area contributed by atoms with Crippen LogP contribution in [0.3, 0.4) is 0 Å². The van der Waals surface area contributed by atoms with E-state index in [2.05, 4.69) is 37.2 Å². The number of rotatable bonds is 5. The lowest BCUT2D eigenvalue weighted by Crippen LogP contribution is -2.30. The Morgan fingerprint density at radius 3 is 2.62 bits per heavy atom. The number of nitrogens with zero attached hydrogens (tertiary/aromatic N) is 1. The van der Waals surface area contributed by atoms with Crippen LogP contribution in [0.2, 0.25) is 0 Å². The van der Waals surface area contributed by atoms with Crippen LogP contribution in [0.4, 0.5) is 11.4 Å². The number of amides is 1. The van der Waals surface area contributed by atoms with Crippen molar-refractivity contribution in [1.82, 2.24) is 0 Å². The van der Waals surface area contributed by atoms with Crippen LogP contribution in [-0.4, -0.2) is 28.0 Å². The minimum absolute atomic E-state index is 0.124. The Hall–Kier alpha value is -2.46. The molecule has 8 nitrogen and oxygen atoms in total. The molecule has 2 rings (SSSR count). The first-order valence-corrected chi connectivity index (χ1v) is 8.72. The molecular weight excluding hydrogens is 476 g/mol. The Morgan fingerprint density at radius 1 is 1.27 bits per heavy atom. The van der Waals surface area contributed by atoms with Crippen molar-refractivity contribution in [2.75, 3.05) is 5.32 Å². The molecule has 0 bridgehead atoms. The smallest absolute Gasteiger partial charge is 0.342 e. The first kappa shape index (κ1) is 19.9. The highest BCUT2D eigenvalue weighted by Gasteiger charge is 2.23. The van der Waals surface area contributed by atoms with Gasteiger partial charge in [-0.15, -0.1) is 0 Å². The van der Waals surface area contributed by atoms with Crippen LogP contribution in [0.15, 0.2) is 45.3 Å². The lowest BCUT2D eigenvalue weighted by Gasteiger charge is -2.14. The maximum Gasteiger partial charge on any atom is 0.342 e. The molecule has 2 N–H and O–H groups in total. The van der Waals surface area contributed by atoms with Crippen molar-refractivity contribution in [2.24, 2.45) is 0 Å². The average molecular weight is 488 g/mol. The Labute approximate surface area is 164 Å². The SMILES string of the molecule is CC(OC(=O)c1cc(Br)cc(Br)c1O)C(=O)Nc1cccc([N+](=O)[O-])c1. The molecule has 1 amide bonds. The number of halogens is 2. The second kappa shape index (κ2) is 8.28. The molecule has 1 unspecified atom stereocenters. The third kappa shape index (κ3) is 4.79. The lowest BCUT2D eigenvalue weighted by molar-refractivity contribution is -0.384. The molecule has 0 fully saturated rings. The van der Waals surface area contributed by atoms with E-state index in [0.717, 1.165) is 0 Å². The van der Waals surface area contributed by atoms with Gasteiger partial charge < -0.3 is 15.2 Å². The summed E-state index contributed by atoms with van der Waals surface area (Å²) in [5, 5.41) is 23.1. The number of non-ortho nitro benzene ring substituents is 1. The van der Waals surface area contributed by atoms with Crippen LogP contribution in [0, 0.1) is 10.1 Å². The number of benzene rings is 2. The van der Waals surface area contributed by atoms with Gasteiger partial charge in [0.2, 0.25) is 0 Å². The van der Waals surface area contributed by atoms with E-state index in [-0.39, 0.29) is 27.2 Å². The number of hydrogen-bond acceptors (Lipinski definition) is 6. The Balaban J connectivity index is 2.08. The van der Waals surface area contributed by atoms with E-state index < -0.39 is 22.9 Å². The number of esters is 1. The number of nitrogens with one attached hydrogen (secondary N) is 1. The molecule has 0 heterocycles. The van der Waals surface area contributed by atoms with Crippen LogP contribution in [0.1, 0.15) is 17.3 Å². The zero-order chi connectivity index (χ0) is 19.4. The first-order valence-electron chi connectivity index (χ1n) is 7.13. The fourth-order valence-electron chi connectivity index (χ4n) is 1.94. The summed E-state index contributed by atoms with van der Waals surface area (Å²) in [4.78, 5) is 34.5. The topological polar surface area (TPSA) is 119 Å². The molecular formula is C16H12Br2N2O6. The Morgan fingerprint density at radius 2 is 1.96 bits per heavy atom. The first-order chi connectivity index (χ1) is 12.2. The van der Waals surface area contributed by atoms with Gasteiger partial charge in [0.25, 0.3) is 11.6 Å². The summed E-state index contributed by atoms with van der Waals surface area (Å²) in [6, 6.07) is 8.26. The van der Waals surface area contributed by atoms with Crippen LogP contribution < -0.4 is 5.32 Å². The van der Waals surface area contributed by atoms with Crippen LogP contribution >= 0.6 is 31.9 Å². The maximum atomic E-state index is 12.2. The molecule has 10 heteroatoms. The highest BCUT2D eigenvalue weighted by atomic mass is 79.9. The van der Waals surface area contributed by atoms with E-state index in [0.29, 0.717) is 4.47 Å². The van der Waals surface area contributed by atoms with Gasteiger partial charge in [-0.1, -0.05) is 22.0 Å². The summed E-state index contributed by atoms with van der Waals surface area (Å²) in [6.45, 7) is 1.34. The molecule has 0 radical (unpaired) electrons. The quantitative estimate of drug-likeness (QED) is 0.373. The van der Waals surface area contributed by atoms with Crippen molar-refractivity contribution >= 4 is 55.1 Å². The fourth-order valence-corrected chi connectivity index (χ4v) is 3.17. The second-order valence-corrected chi connectivity index (χ2v) is 6.90. The van der Waals surface area contributed by atoms with Crippen molar-refractivity contribution in [2.45, 2.75) is 13.0 Å². The molecule has 1 atom stereocenters. The molecule has 0 spiro atoms. The number of aromatic hydroxyl groups is 1. The van der Waals surface area contributed by atoms with E-state index in [9.17, 15) is 24.8 Å². The summed E-state index contributed by atoms with van der Waals surface area (Å²) in [5.41, 5.74) is -0.113. The summed E-state index contributed by atoms with van der Waals surface area (Å²) in [6.07, 6.45) is -1.20. The summed E-state index contributed by atoms with van der Waals surface area (Å²) in [7, 11) is 0. The minimum atomic E-state index is -1.20. The number of carbonyl (C=O) groups is 2. The fraction of sp³-hybridized carbons (Fsp3) is 0.125. The average Bonchev–Trinajstić information content (AvgIpc) is 2.58. The van der Waals surface area contributed by atoms with Crippen molar-refractivity contribution in [3.63, 3.8) is 0 Å². The number of phenolic OH excluding ortho intramolecular Hbond substituents is 1. The van der Waals surface area contributed by atoms with Gasteiger partial charge in [0.05, 0.1) is 9.40 Å². The zero-order valence-electron chi connectivity index (χ0n) is 13.2. The molecule has 136 valence electrons. The van der Waals surface area contributed by atoms with E-state index in [4.69, 9.17) is 4.74 Å². The summed E-state index contributed by atoms with van der Waals surface area (Å²) < 4.78 is 5.87. The minimum Gasteiger partial charge on any atom is -0.506 e. The lowest BCUT2D eigenvalue weighted by atomic mass is 10.2. The third-order valence-corrected chi connectivity index (χ3v) is 4.29. The Kier molecular flexibility index (Phi) is 6.32. The molecule has 2 aromatic rings. The van der Waals surface area contributed by atoms with Gasteiger partial charge in [-0.25, -0.2) is 4.79 Å². The maximum absolute atomic E-state index is 12.2. The van der Waals surface area contributed by atoms with Gasteiger partial charge in [-0.05, 0) is 41.1 Å². The molecule has 0 aliphatic carbocycles. The van der Waals surface area contributed by atoms with Gasteiger partial charge in [0, 0.05) is 22.3 Å². The van der Waals surface area contributed by atoms with Gasteiger partial charge in [0.1, 0.15) is 11.3 Å². The molecule has 0 saturated carbocycles.